The van der Waals surface area contributed by atoms with Gasteiger partial charge in [-0.3, -0.25) is 28.1 Å². The van der Waals surface area contributed by atoms with Gasteiger partial charge in [-0.15, -0.1) is 34.0 Å². The van der Waals surface area contributed by atoms with Crippen LogP contribution in [0.15, 0.2) is 124 Å². The van der Waals surface area contributed by atoms with Crippen LogP contribution in [0.2, 0.25) is 5.82 Å². The van der Waals surface area contributed by atoms with Crippen LogP contribution in [0.5, 0.6) is 0 Å². The number of nitrogens with zero attached hydrogens (tertiary/aromatic N) is 6. The first kappa shape index (κ1) is 78.2. The van der Waals surface area contributed by atoms with E-state index in [1.807, 2.05) is 112 Å². The van der Waals surface area contributed by atoms with Gasteiger partial charge in [0.15, 0.2) is 0 Å². The number of aliphatic carboxylic acids is 1. The topological polar surface area (TPSA) is 262 Å². The fourth-order valence-corrected chi connectivity index (χ4v) is 16.4. The van der Waals surface area contributed by atoms with Gasteiger partial charge in [0.1, 0.15) is 42.3 Å². The Morgan fingerprint density at radius 3 is 1.02 bits per heavy atom. The number of carbonyl (C=O) groups excluding carboxylic acids is 2. The number of carboxylic acid groups (broad SMARTS) is 1. The normalized spacial score (nSPS) is 14.1. The molecule has 3 fully saturated rings. The first-order chi connectivity index (χ1) is 46.3. The average Bonchev–Trinajstić information content (AvgIpc) is 1.49. The molecule has 6 heterocycles. The maximum Gasteiger partial charge on any atom is 0.454 e. The van der Waals surface area contributed by atoms with Crippen LogP contribution in [0.4, 0.5) is 0 Å². The average molecular weight is 1490 g/mol. The van der Waals surface area contributed by atoms with Gasteiger partial charge in [-0.2, -0.15) is 0 Å². The Hall–Kier alpha value is -7.55. The number of hydrogen-bond acceptors (Lipinski definition) is 16. The maximum absolute atomic E-state index is 13.8. The van der Waals surface area contributed by atoms with Crippen molar-refractivity contribution in [1.82, 2.24) is 27.4 Å². The Morgan fingerprint density at radius 2 is 0.760 bits per heavy atom. The predicted molar refractivity (Wildman–Crippen MR) is 405 cm³/mol. The second-order valence-electron chi connectivity index (χ2n) is 29.4. The van der Waals surface area contributed by atoms with Crippen molar-refractivity contribution in [3.8, 4) is 0 Å². The highest BCUT2D eigenvalue weighted by Crippen LogP contribution is 2.48. The SMILES string of the molecule is C.Cc1c(Br)sc2c1c(=O)n(C(C)(C)C(=O)OC(C)(C)C)c(=O)n2CCc1ccccc1.Cc1c(C2CC2)sc2c1c(=O)n(C(C)(C)C(=O)O)c(=O)n2CCc1ccccc1.Cc1c(C2CC2)sc2c1c(=O)n(C(C)(C)C(=O)OC(C)(C)C)c(=O)n2CCc1ccccc1.OB(O)C1CC1. The van der Waals surface area contributed by atoms with Gasteiger partial charge in [0.05, 0.1) is 19.9 Å². The highest BCUT2D eigenvalue weighted by Gasteiger charge is 2.42. The van der Waals surface area contributed by atoms with E-state index in [2.05, 4.69) is 15.9 Å². The van der Waals surface area contributed by atoms with Crippen LogP contribution in [0.25, 0.3) is 30.6 Å². The minimum Gasteiger partial charge on any atom is -0.480 e. The number of thiophene rings is 3. The Bertz CT molecular complexity index is 4890. The molecule has 6 aromatic heterocycles. The molecular weight excluding hydrogens is 1400 g/mol. The van der Waals surface area contributed by atoms with Crippen LogP contribution in [-0.2, 0) is 79.4 Å². The number of carbonyl (C=O) groups is 3. The number of fused-ring (bicyclic) bond motifs is 3. The standard InChI is InChI=1S/C26H32N2O4S.C23H27BrN2O4S.C22H24N2O4S.C3H7BO2.CH4/c1-16-19-21(29)28(26(5,6)23(30)32-25(2,3)4)24(31)27(15-14-17-10-8-7-9-11-17)22(19)33-20(16)18-12-13-18;1-14-16-18(27)26(23(5,6)20(28)30-22(2,3)4)21(29)25(19(16)31-17(14)24)13-12-15-10-8-7-9-11-15;1-13-16-18(25)24(22(2,3)20(26)27)21(28)23(12-11-14-7-5-4-6-8-14)19(16)29-17(13)15-9-10-15;5-4(6)3-1-2-3;/h7-11,18H,12-15H2,1-6H3;7-11H,12-13H2,1-6H3;4-8,15H,9-12H2,1-3H3,(H,26,27);3,5-6H,1-2H2;1H4. The molecular formula is C75H94BBrN6O14S3. The number of esters is 2. The Kier molecular flexibility index (Phi) is 23.9. The number of carboxylic acids is 1. The molecule has 100 heavy (non-hydrogen) atoms. The van der Waals surface area contributed by atoms with Gasteiger partial charge in [-0.25, -0.2) is 42.5 Å². The van der Waals surface area contributed by atoms with Crippen LogP contribution in [0, 0.1) is 20.8 Å². The second-order valence-corrected chi connectivity index (χ2v) is 33.8. The van der Waals surface area contributed by atoms with Crippen LogP contribution >= 0.6 is 49.9 Å². The van der Waals surface area contributed by atoms with Gasteiger partial charge in [0, 0.05) is 29.4 Å². The summed E-state index contributed by atoms with van der Waals surface area (Å²) >= 11 is 7.93. The van der Waals surface area contributed by atoms with Crippen molar-refractivity contribution in [3.63, 3.8) is 0 Å². The van der Waals surface area contributed by atoms with Gasteiger partial charge < -0.3 is 24.6 Å². The molecule has 536 valence electrons. The summed E-state index contributed by atoms with van der Waals surface area (Å²) < 4.78 is 19.8. The first-order valence-electron chi connectivity index (χ1n) is 33.5. The van der Waals surface area contributed by atoms with Gasteiger partial charge >= 0.3 is 42.1 Å². The molecule has 3 aromatic carbocycles. The molecule has 3 N–H and O–H groups in total. The molecule has 0 atom stereocenters. The van der Waals surface area contributed by atoms with Crippen molar-refractivity contribution in [3.05, 3.63) is 200 Å². The lowest BCUT2D eigenvalue weighted by Crippen LogP contribution is -2.54. The quantitative estimate of drug-likeness (QED) is 0.0533. The molecule has 25 heteroatoms. The third-order valence-corrected chi connectivity index (χ3v) is 23.1. The molecule has 3 aliphatic rings. The summed E-state index contributed by atoms with van der Waals surface area (Å²) in [6.45, 7) is 26.6. The summed E-state index contributed by atoms with van der Waals surface area (Å²) in [6.07, 6.45) is 8.30. The molecule has 0 aliphatic heterocycles. The number of aryl methyl sites for hydroxylation is 9. The maximum atomic E-state index is 13.8. The molecule has 0 amide bonds. The van der Waals surface area contributed by atoms with E-state index in [1.165, 1.54) is 41.4 Å². The van der Waals surface area contributed by atoms with Crippen LogP contribution in [0.3, 0.4) is 0 Å². The Labute approximate surface area is 602 Å². The van der Waals surface area contributed by atoms with E-state index >= 15 is 0 Å². The van der Waals surface area contributed by atoms with Crippen molar-refractivity contribution in [1.29, 1.82) is 0 Å². The second kappa shape index (κ2) is 30.6. The van der Waals surface area contributed by atoms with E-state index in [4.69, 9.17) is 19.5 Å². The van der Waals surface area contributed by atoms with Gasteiger partial charge in [-0.05, 0) is 216 Å². The fourth-order valence-electron chi connectivity index (χ4n) is 11.7. The highest BCUT2D eigenvalue weighted by atomic mass is 79.9. The first-order valence-corrected chi connectivity index (χ1v) is 36.8. The van der Waals surface area contributed by atoms with Gasteiger partial charge in [-0.1, -0.05) is 111 Å². The lowest BCUT2D eigenvalue weighted by Gasteiger charge is -2.30. The van der Waals surface area contributed by atoms with Crippen LogP contribution < -0.4 is 33.7 Å². The summed E-state index contributed by atoms with van der Waals surface area (Å²) in [5.74, 6) is -1.30. The van der Waals surface area contributed by atoms with E-state index < -0.39 is 86.6 Å². The molecule has 3 saturated carbocycles. The van der Waals surface area contributed by atoms with Gasteiger partial charge in [0.25, 0.3) is 16.7 Å². The number of rotatable bonds is 18. The van der Waals surface area contributed by atoms with Crippen molar-refractivity contribution >= 4 is 106 Å². The summed E-state index contributed by atoms with van der Waals surface area (Å²) in [6, 6.07) is 29.6. The molecule has 0 saturated heterocycles. The molecule has 3 aliphatic carbocycles. The van der Waals surface area contributed by atoms with E-state index in [1.54, 1.807) is 94.3 Å². The minimum absolute atomic E-state index is 0. The van der Waals surface area contributed by atoms with E-state index in [0.29, 0.717) is 81.4 Å². The summed E-state index contributed by atoms with van der Waals surface area (Å²) in [5.41, 5.74) is -3.11. The summed E-state index contributed by atoms with van der Waals surface area (Å²) in [5, 5.41) is 27.7. The van der Waals surface area contributed by atoms with E-state index in [9.17, 15) is 48.3 Å². The zero-order chi connectivity index (χ0) is 72.8. The monoisotopic (exact) mass is 1490 g/mol. The molecule has 9 aromatic rings. The highest BCUT2D eigenvalue weighted by molar-refractivity contribution is 9.11. The molecule has 12 rings (SSSR count). The molecule has 0 bridgehead atoms. The summed E-state index contributed by atoms with van der Waals surface area (Å²) in [4.78, 5) is 123. The zero-order valence-corrected chi connectivity index (χ0v) is 63.1. The van der Waals surface area contributed by atoms with Gasteiger partial charge in [0.2, 0.25) is 0 Å². The number of halogens is 1. The Balaban J connectivity index is 0.000000182. The minimum atomic E-state index is -1.63. The Morgan fingerprint density at radius 1 is 0.470 bits per heavy atom. The van der Waals surface area contributed by atoms with E-state index in [-0.39, 0.29) is 13.2 Å². The van der Waals surface area contributed by atoms with Crippen LogP contribution in [-0.4, -0.2) is 78.8 Å². The van der Waals surface area contributed by atoms with E-state index in [0.717, 1.165) is 94.3 Å². The smallest absolute Gasteiger partial charge is 0.454 e. The summed E-state index contributed by atoms with van der Waals surface area (Å²) in [7, 11) is -1.04. The third-order valence-electron chi connectivity index (χ3n) is 18.0. The number of ether oxygens (including phenoxy) is 2. The molecule has 0 radical (unpaired) electrons. The largest absolute Gasteiger partial charge is 0.480 e. The van der Waals surface area contributed by atoms with Crippen molar-refractivity contribution < 1.29 is 39.0 Å². The third kappa shape index (κ3) is 17.0. The zero-order valence-electron chi connectivity index (χ0n) is 59.1. The van der Waals surface area contributed by atoms with Crippen molar-refractivity contribution in [2.24, 2.45) is 0 Å². The van der Waals surface area contributed by atoms with Crippen LogP contribution in [0.1, 0.15) is 184 Å². The predicted octanol–water partition coefficient (Wildman–Crippen LogP) is 13.1. The number of aromatic nitrogens is 6. The number of hydrogen-bond donors (Lipinski definition) is 3. The molecule has 0 unspecified atom stereocenters. The number of benzene rings is 3. The molecule has 0 spiro atoms. The van der Waals surface area contributed by atoms with Crippen molar-refractivity contribution in [2.45, 2.75) is 234 Å². The lowest BCUT2D eigenvalue weighted by atomic mass is 9.84. The lowest BCUT2D eigenvalue weighted by molar-refractivity contribution is -0.165. The molecule has 20 nitrogen and oxygen atoms in total. The van der Waals surface area contributed by atoms with Crippen molar-refractivity contribution in [2.75, 3.05) is 0 Å². The fraction of sp³-hybridized carbons (Fsp3) is 0.480.